The maximum atomic E-state index is 5.92. The molecule has 3 aliphatic carbocycles. The van der Waals surface area contributed by atoms with Crippen LogP contribution in [-0.4, -0.2) is 33.2 Å². The Hall–Kier alpha value is -0.640. The number of hydrogen-bond acceptors (Lipinski definition) is 3. The molecule has 0 unspecified atom stereocenters. The lowest BCUT2D eigenvalue weighted by Gasteiger charge is -2.49. The van der Waals surface area contributed by atoms with Crippen LogP contribution in [-0.2, 0) is 14.2 Å². The molecule has 3 aliphatic rings. The first-order valence-electron chi connectivity index (χ1n) is 8.82. The Morgan fingerprint density at radius 2 is 2.09 bits per heavy atom. The van der Waals surface area contributed by atoms with E-state index in [0.29, 0.717) is 31.5 Å². The maximum Gasteiger partial charge on any atom is 0.147 e. The van der Waals surface area contributed by atoms with Crippen LogP contribution < -0.4 is 0 Å². The topological polar surface area (TPSA) is 27.7 Å². The normalized spacial score (nSPS) is 34.5. The van der Waals surface area contributed by atoms with Gasteiger partial charge in [-0.3, -0.25) is 0 Å². The van der Waals surface area contributed by atoms with Gasteiger partial charge in [0.15, 0.2) is 0 Å². The zero-order valence-electron chi connectivity index (χ0n) is 14.1. The second-order valence-electron chi connectivity index (χ2n) is 7.20. The van der Waals surface area contributed by atoms with Crippen LogP contribution in [0.5, 0.6) is 0 Å². The molecule has 0 spiro atoms. The fourth-order valence-electron chi connectivity index (χ4n) is 4.52. The molecular weight excluding hydrogens is 276 g/mol. The molecule has 0 bridgehead atoms. The van der Waals surface area contributed by atoms with Crippen molar-refractivity contribution in [1.29, 1.82) is 0 Å². The van der Waals surface area contributed by atoms with Crippen LogP contribution in [0.15, 0.2) is 23.3 Å². The fraction of sp³-hybridized carbons (Fsp3) is 0.789. The molecule has 3 atom stereocenters. The minimum atomic E-state index is 0.320. The maximum absolute atomic E-state index is 5.92. The van der Waals surface area contributed by atoms with Crippen LogP contribution in [0.3, 0.4) is 0 Å². The number of allylic oxidation sites excluding steroid dienone is 3. The molecule has 3 nitrogen and oxygen atoms in total. The van der Waals surface area contributed by atoms with Gasteiger partial charge in [-0.1, -0.05) is 36.6 Å². The van der Waals surface area contributed by atoms with E-state index in [1.807, 2.05) is 0 Å². The summed E-state index contributed by atoms with van der Waals surface area (Å²) in [5.41, 5.74) is 3.71. The van der Waals surface area contributed by atoms with Crippen molar-refractivity contribution >= 4 is 0 Å². The van der Waals surface area contributed by atoms with Gasteiger partial charge in [-0.25, -0.2) is 0 Å². The Balaban J connectivity index is 1.56. The average molecular weight is 306 g/mol. The van der Waals surface area contributed by atoms with Gasteiger partial charge in [-0.2, -0.15) is 0 Å². The standard InChI is InChI=1S/C19H30O3/c1-19-10-9-17(22-14-21-12-11-20-2)13-16(19)8-7-15-5-3-4-6-18(15)19/h7-8,17-18H,3-6,9-14H2,1-2H3/t17-,18-,19-/m0/s1. The zero-order valence-corrected chi connectivity index (χ0v) is 14.1. The summed E-state index contributed by atoms with van der Waals surface area (Å²) in [6.45, 7) is 4.12. The molecule has 0 saturated heterocycles. The molecule has 0 heterocycles. The summed E-state index contributed by atoms with van der Waals surface area (Å²) in [4.78, 5) is 0. The highest BCUT2D eigenvalue weighted by atomic mass is 16.7. The summed E-state index contributed by atoms with van der Waals surface area (Å²) >= 11 is 0. The zero-order chi connectivity index (χ0) is 15.4. The lowest BCUT2D eigenvalue weighted by molar-refractivity contribution is -0.107. The molecule has 0 aromatic carbocycles. The second-order valence-corrected chi connectivity index (χ2v) is 7.20. The Bertz CT molecular complexity index is 440. The molecule has 0 aliphatic heterocycles. The third-order valence-electron chi connectivity index (χ3n) is 5.91. The van der Waals surface area contributed by atoms with Crippen molar-refractivity contribution in [1.82, 2.24) is 0 Å². The Morgan fingerprint density at radius 1 is 1.18 bits per heavy atom. The Morgan fingerprint density at radius 3 is 2.95 bits per heavy atom. The lowest BCUT2D eigenvalue weighted by atomic mass is 9.56. The van der Waals surface area contributed by atoms with Crippen LogP contribution in [0.1, 0.15) is 51.9 Å². The van der Waals surface area contributed by atoms with Gasteiger partial charge in [0.25, 0.3) is 0 Å². The van der Waals surface area contributed by atoms with Crippen molar-refractivity contribution in [2.45, 2.75) is 58.0 Å². The predicted molar refractivity (Wildman–Crippen MR) is 87.7 cm³/mol. The second kappa shape index (κ2) is 7.29. The molecule has 22 heavy (non-hydrogen) atoms. The van der Waals surface area contributed by atoms with Crippen LogP contribution in [0, 0.1) is 11.3 Å². The quantitative estimate of drug-likeness (QED) is 0.542. The highest BCUT2D eigenvalue weighted by Crippen LogP contribution is 2.55. The van der Waals surface area contributed by atoms with Gasteiger partial charge in [0, 0.05) is 7.11 Å². The highest BCUT2D eigenvalue weighted by Gasteiger charge is 2.44. The number of fused-ring (bicyclic) bond motifs is 3. The Labute approximate surface area is 134 Å². The highest BCUT2D eigenvalue weighted by molar-refractivity contribution is 5.35. The molecular formula is C19H30O3. The molecule has 0 amide bonds. The van der Waals surface area contributed by atoms with Crippen LogP contribution in [0.25, 0.3) is 0 Å². The number of ether oxygens (including phenoxy) is 3. The van der Waals surface area contributed by atoms with Crippen molar-refractivity contribution in [3.05, 3.63) is 23.3 Å². The van der Waals surface area contributed by atoms with Crippen molar-refractivity contribution in [3.63, 3.8) is 0 Å². The molecule has 3 rings (SSSR count). The minimum absolute atomic E-state index is 0.320. The van der Waals surface area contributed by atoms with Crippen molar-refractivity contribution < 1.29 is 14.2 Å². The van der Waals surface area contributed by atoms with Crippen molar-refractivity contribution in [2.75, 3.05) is 27.1 Å². The largest absolute Gasteiger partial charge is 0.382 e. The van der Waals surface area contributed by atoms with E-state index in [4.69, 9.17) is 14.2 Å². The van der Waals surface area contributed by atoms with E-state index >= 15 is 0 Å². The molecule has 3 heteroatoms. The number of rotatable bonds is 6. The summed E-state index contributed by atoms with van der Waals surface area (Å²) in [6, 6.07) is 0. The van der Waals surface area contributed by atoms with Gasteiger partial charge in [0.2, 0.25) is 0 Å². The third kappa shape index (κ3) is 3.32. The van der Waals surface area contributed by atoms with Gasteiger partial charge in [-0.15, -0.1) is 0 Å². The van der Waals surface area contributed by atoms with Gasteiger partial charge < -0.3 is 14.2 Å². The van der Waals surface area contributed by atoms with Gasteiger partial charge in [0.1, 0.15) is 6.79 Å². The first-order valence-corrected chi connectivity index (χ1v) is 8.82. The SMILES string of the molecule is COCCOCO[C@H]1CC[C@@]2(C)C(=CC=C3CCCC[C@@H]32)C1. The summed E-state index contributed by atoms with van der Waals surface area (Å²) in [7, 11) is 1.69. The van der Waals surface area contributed by atoms with E-state index in [0.717, 1.165) is 18.8 Å². The van der Waals surface area contributed by atoms with E-state index in [9.17, 15) is 0 Å². The lowest BCUT2D eigenvalue weighted by Crippen LogP contribution is -2.40. The van der Waals surface area contributed by atoms with E-state index < -0.39 is 0 Å². The van der Waals surface area contributed by atoms with Gasteiger partial charge in [-0.05, 0) is 49.9 Å². The summed E-state index contributed by atoms with van der Waals surface area (Å²) in [5.74, 6) is 0.792. The predicted octanol–water partition coefficient (Wildman–Crippen LogP) is 4.24. The van der Waals surface area contributed by atoms with Crippen molar-refractivity contribution in [2.24, 2.45) is 11.3 Å². The first-order chi connectivity index (χ1) is 10.7. The molecule has 0 N–H and O–H groups in total. The molecule has 124 valence electrons. The smallest absolute Gasteiger partial charge is 0.147 e. The molecule has 0 aromatic rings. The number of hydrogen-bond donors (Lipinski definition) is 0. The summed E-state index contributed by atoms with van der Waals surface area (Å²) in [6.07, 6.45) is 14.1. The third-order valence-corrected chi connectivity index (χ3v) is 5.91. The minimum Gasteiger partial charge on any atom is -0.382 e. The average Bonchev–Trinajstić information content (AvgIpc) is 2.55. The van der Waals surface area contributed by atoms with Crippen LogP contribution >= 0.6 is 0 Å². The van der Waals surface area contributed by atoms with E-state index in [2.05, 4.69) is 19.1 Å². The van der Waals surface area contributed by atoms with Crippen LogP contribution in [0.2, 0.25) is 0 Å². The molecule has 0 aromatic heterocycles. The van der Waals surface area contributed by atoms with E-state index in [1.54, 1.807) is 18.3 Å². The van der Waals surface area contributed by atoms with E-state index in [1.165, 1.54) is 32.1 Å². The van der Waals surface area contributed by atoms with Gasteiger partial charge in [0.05, 0.1) is 19.3 Å². The molecule has 2 fully saturated rings. The molecule has 2 saturated carbocycles. The number of methoxy groups -OCH3 is 1. The monoisotopic (exact) mass is 306 g/mol. The fourth-order valence-corrected chi connectivity index (χ4v) is 4.52. The first kappa shape index (κ1) is 16.2. The Kier molecular flexibility index (Phi) is 5.37. The van der Waals surface area contributed by atoms with Gasteiger partial charge >= 0.3 is 0 Å². The van der Waals surface area contributed by atoms with E-state index in [-0.39, 0.29) is 0 Å². The molecule has 0 radical (unpaired) electrons. The summed E-state index contributed by atoms with van der Waals surface area (Å²) < 4.78 is 16.3. The van der Waals surface area contributed by atoms with Crippen LogP contribution in [0.4, 0.5) is 0 Å². The van der Waals surface area contributed by atoms with Crippen molar-refractivity contribution in [3.8, 4) is 0 Å². The summed E-state index contributed by atoms with van der Waals surface area (Å²) in [5, 5.41) is 0.